The number of terminal acetylenes is 1. The summed E-state index contributed by atoms with van der Waals surface area (Å²) in [5.74, 6) is 4.36. The van der Waals surface area contributed by atoms with Crippen LogP contribution < -0.4 is 4.74 Å². The molecule has 2 heterocycles. The molecule has 3 aromatic carbocycles. The minimum absolute atomic E-state index is 0.0265. The first-order valence-corrected chi connectivity index (χ1v) is 10.8. The van der Waals surface area contributed by atoms with Crippen LogP contribution in [0.2, 0.25) is 0 Å². The smallest absolute Gasteiger partial charge is 0.254 e. The lowest BCUT2D eigenvalue weighted by atomic mass is 10.0. The van der Waals surface area contributed by atoms with Gasteiger partial charge in [-0.15, -0.1) is 6.42 Å². The average molecular weight is 422 g/mol. The Morgan fingerprint density at radius 1 is 1.12 bits per heavy atom. The van der Waals surface area contributed by atoms with E-state index in [1.807, 2.05) is 17.0 Å². The van der Waals surface area contributed by atoms with E-state index < -0.39 is 0 Å². The van der Waals surface area contributed by atoms with Crippen LogP contribution in [0, 0.1) is 12.3 Å². The minimum atomic E-state index is -0.0265. The molecule has 1 aliphatic heterocycles. The van der Waals surface area contributed by atoms with Gasteiger partial charge >= 0.3 is 0 Å². The number of nitrogens with one attached hydrogen (secondary N) is 1. The molecule has 0 saturated heterocycles. The molecule has 4 aromatic rings. The van der Waals surface area contributed by atoms with Crippen LogP contribution >= 0.6 is 0 Å². The Hall–Kier alpha value is -4.04. The SMILES string of the molecule is C#Cc1ccc(C(=O)N2CCOc3ccc(-c4ccc5nc(CC)[nH]c5c4)cc3C2)cc1. The fraction of sp³-hybridized carbons (Fsp3) is 0.185. The molecular weight excluding hydrogens is 398 g/mol. The monoisotopic (exact) mass is 421 g/mol. The van der Waals surface area contributed by atoms with Crippen LogP contribution in [-0.4, -0.2) is 33.9 Å². The maximum atomic E-state index is 13.1. The van der Waals surface area contributed by atoms with Crippen molar-refractivity contribution in [3.05, 3.63) is 83.2 Å². The number of carbonyl (C=O) groups is 1. The second-order valence-electron chi connectivity index (χ2n) is 7.89. The Morgan fingerprint density at radius 2 is 1.91 bits per heavy atom. The molecule has 1 aliphatic rings. The first kappa shape index (κ1) is 19.9. The summed E-state index contributed by atoms with van der Waals surface area (Å²) in [7, 11) is 0. The highest BCUT2D eigenvalue weighted by Crippen LogP contribution is 2.31. The molecule has 0 radical (unpaired) electrons. The lowest BCUT2D eigenvalue weighted by molar-refractivity contribution is 0.0733. The molecule has 0 atom stereocenters. The number of amides is 1. The van der Waals surface area contributed by atoms with Crippen molar-refractivity contribution >= 4 is 16.9 Å². The first-order chi connectivity index (χ1) is 15.6. The third-order valence-electron chi connectivity index (χ3n) is 5.83. The lowest BCUT2D eigenvalue weighted by Crippen LogP contribution is -2.32. The van der Waals surface area contributed by atoms with E-state index in [2.05, 4.69) is 47.1 Å². The highest BCUT2D eigenvalue weighted by atomic mass is 16.5. The van der Waals surface area contributed by atoms with E-state index in [-0.39, 0.29) is 5.91 Å². The number of ether oxygens (including phenoxy) is 1. The third-order valence-corrected chi connectivity index (χ3v) is 5.83. The van der Waals surface area contributed by atoms with E-state index in [0.717, 1.165) is 51.3 Å². The Labute approximate surface area is 187 Å². The number of nitrogens with zero attached hydrogens (tertiary/aromatic N) is 2. The van der Waals surface area contributed by atoms with Crippen LogP contribution in [0.1, 0.15) is 34.2 Å². The van der Waals surface area contributed by atoms with E-state index in [1.165, 1.54) is 0 Å². The minimum Gasteiger partial charge on any atom is -0.491 e. The number of aryl methyl sites for hydroxylation is 1. The van der Waals surface area contributed by atoms with Gasteiger partial charge in [0, 0.05) is 29.7 Å². The normalized spacial score (nSPS) is 13.2. The van der Waals surface area contributed by atoms with E-state index in [9.17, 15) is 4.79 Å². The summed E-state index contributed by atoms with van der Waals surface area (Å²) < 4.78 is 5.94. The largest absolute Gasteiger partial charge is 0.491 e. The number of aromatic nitrogens is 2. The van der Waals surface area contributed by atoms with Crippen molar-refractivity contribution in [3.63, 3.8) is 0 Å². The van der Waals surface area contributed by atoms with Crippen molar-refractivity contribution in [2.24, 2.45) is 0 Å². The van der Waals surface area contributed by atoms with E-state index in [1.54, 1.807) is 24.3 Å². The molecule has 1 amide bonds. The van der Waals surface area contributed by atoms with Crippen LogP contribution in [0.3, 0.4) is 0 Å². The zero-order valence-electron chi connectivity index (χ0n) is 17.9. The Balaban J connectivity index is 1.44. The fourth-order valence-corrected chi connectivity index (χ4v) is 4.05. The van der Waals surface area contributed by atoms with Gasteiger partial charge in [-0.1, -0.05) is 25.0 Å². The van der Waals surface area contributed by atoms with Crippen LogP contribution in [0.25, 0.3) is 22.2 Å². The summed E-state index contributed by atoms with van der Waals surface area (Å²) in [6.07, 6.45) is 6.30. The number of carbonyl (C=O) groups excluding carboxylic acids is 1. The molecule has 0 aliphatic carbocycles. The van der Waals surface area contributed by atoms with Crippen LogP contribution in [0.15, 0.2) is 60.7 Å². The molecule has 0 saturated carbocycles. The predicted molar refractivity (Wildman–Crippen MR) is 126 cm³/mol. The van der Waals surface area contributed by atoms with Gasteiger partial charge in [0.25, 0.3) is 5.91 Å². The summed E-state index contributed by atoms with van der Waals surface area (Å²) in [6, 6.07) is 19.6. The molecule has 1 N–H and O–H groups in total. The van der Waals surface area contributed by atoms with Gasteiger partial charge in [-0.2, -0.15) is 0 Å². The topological polar surface area (TPSA) is 58.2 Å². The number of benzene rings is 3. The maximum absolute atomic E-state index is 13.1. The zero-order valence-corrected chi connectivity index (χ0v) is 17.9. The summed E-state index contributed by atoms with van der Waals surface area (Å²) in [5.41, 5.74) is 6.55. The summed E-state index contributed by atoms with van der Waals surface area (Å²) in [5, 5.41) is 0. The molecule has 32 heavy (non-hydrogen) atoms. The van der Waals surface area contributed by atoms with Crippen LogP contribution in [-0.2, 0) is 13.0 Å². The van der Waals surface area contributed by atoms with Gasteiger partial charge in [0.1, 0.15) is 18.2 Å². The standard InChI is InChI=1S/C27H23N3O2/c1-3-18-5-7-19(8-6-18)27(31)30-13-14-32-25-12-10-20(15-22(25)17-30)21-9-11-23-24(16-21)29-26(4-2)28-23/h1,5-12,15-16H,4,13-14,17H2,2H3,(H,28,29). The average Bonchev–Trinajstić information content (AvgIpc) is 3.14. The molecular formula is C27H23N3O2. The van der Waals surface area contributed by atoms with Crippen molar-refractivity contribution in [3.8, 4) is 29.2 Å². The molecule has 5 heteroatoms. The molecule has 5 nitrogen and oxygen atoms in total. The molecule has 0 spiro atoms. The molecule has 0 fully saturated rings. The summed E-state index contributed by atoms with van der Waals surface area (Å²) in [6.45, 7) is 3.56. The second kappa shape index (κ2) is 8.24. The molecule has 0 bridgehead atoms. The second-order valence-corrected chi connectivity index (χ2v) is 7.89. The van der Waals surface area contributed by atoms with E-state index in [4.69, 9.17) is 11.2 Å². The Bertz CT molecular complexity index is 1350. The third kappa shape index (κ3) is 3.72. The summed E-state index contributed by atoms with van der Waals surface area (Å²) >= 11 is 0. The number of hydrogen-bond acceptors (Lipinski definition) is 3. The predicted octanol–water partition coefficient (Wildman–Crippen LogP) is 4.81. The molecule has 0 unspecified atom stereocenters. The van der Waals surface area contributed by atoms with E-state index >= 15 is 0 Å². The Morgan fingerprint density at radius 3 is 2.69 bits per heavy atom. The number of imidazole rings is 1. The first-order valence-electron chi connectivity index (χ1n) is 10.8. The number of rotatable bonds is 3. The van der Waals surface area contributed by atoms with Gasteiger partial charge in [0.15, 0.2) is 0 Å². The fourth-order valence-electron chi connectivity index (χ4n) is 4.05. The maximum Gasteiger partial charge on any atom is 0.254 e. The zero-order chi connectivity index (χ0) is 22.1. The van der Waals surface area contributed by atoms with Gasteiger partial charge in [0.05, 0.1) is 17.6 Å². The molecule has 1 aromatic heterocycles. The van der Waals surface area contributed by atoms with Gasteiger partial charge in [-0.05, 0) is 59.7 Å². The van der Waals surface area contributed by atoms with E-state index in [0.29, 0.717) is 25.3 Å². The van der Waals surface area contributed by atoms with Gasteiger partial charge in [-0.25, -0.2) is 4.98 Å². The van der Waals surface area contributed by atoms with Crippen molar-refractivity contribution in [1.82, 2.24) is 14.9 Å². The summed E-state index contributed by atoms with van der Waals surface area (Å²) in [4.78, 5) is 22.9. The number of hydrogen-bond donors (Lipinski definition) is 1. The van der Waals surface area contributed by atoms with Crippen molar-refractivity contribution in [2.45, 2.75) is 19.9 Å². The molecule has 158 valence electrons. The van der Waals surface area contributed by atoms with Gasteiger partial charge in [0.2, 0.25) is 0 Å². The van der Waals surface area contributed by atoms with Gasteiger partial charge < -0.3 is 14.6 Å². The van der Waals surface area contributed by atoms with Crippen LogP contribution in [0.4, 0.5) is 0 Å². The number of aromatic amines is 1. The van der Waals surface area contributed by atoms with Crippen molar-refractivity contribution in [1.29, 1.82) is 0 Å². The quantitative estimate of drug-likeness (QED) is 0.483. The number of fused-ring (bicyclic) bond motifs is 2. The highest BCUT2D eigenvalue weighted by Gasteiger charge is 2.21. The molecule has 5 rings (SSSR count). The van der Waals surface area contributed by atoms with Crippen LogP contribution in [0.5, 0.6) is 5.75 Å². The lowest BCUT2D eigenvalue weighted by Gasteiger charge is -2.20. The van der Waals surface area contributed by atoms with Crippen molar-refractivity contribution < 1.29 is 9.53 Å². The highest BCUT2D eigenvalue weighted by molar-refractivity contribution is 5.94. The van der Waals surface area contributed by atoms with Crippen molar-refractivity contribution in [2.75, 3.05) is 13.2 Å². The van der Waals surface area contributed by atoms with Gasteiger partial charge in [-0.3, -0.25) is 4.79 Å². The number of H-pyrrole nitrogens is 1. The Kier molecular flexibility index (Phi) is 5.12.